The molecule has 210 valence electrons. The fourth-order valence-corrected chi connectivity index (χ4v) is 6.32. The summed E-state index contributed by atoms with van der Waals surface area (Å²) in [6.45, 7) is 5.28. The fourth-order valence-electron chi connectivity index (χ4n) is 6.01. The Morgan fingerprint density at radius 1 is 1.12 bits per heavy atom. The van der Waals surface area contributed by atoms with Crippen molar-refractivity contribution in [3.05, 3.63) is 64.7 Å². The van der Waals surface area contributed by atoms with Crippen molar-refractivity contribution in [2.45, 2.75) is 58.8 Å². The first-order chi connectivity index (χ1) is 19.6. The minimum Gasteiger partial charge on any atom is -0.388 e. The molecule has 1 aromatic carbocycles. The van der Waals surface area contributed by atoms with E-state index in [0.717, 1.165) is 34.0 Å². The number of benzene rings is 1. The number of nitrogens with zero attached hydrogens (tertiary/aromatic N) is 6. The second kappa shape index (κ2) is 10.1. The summed E-state index contributed by atoms with van der Waals surface area (Å²) in [7, 11) is 0. The molecule has 2 amide bonds. The van der Waals surface area contributed by atoms with Crippen molar-refractivity contribution in [2.75, 3.05) is 5.32 Å². The molecule has 41 heavy (non-hydrogen) atoms. The van der Waals surface area contributed by atoms with Gasteiger partial charge in [0, 0.05) is 41.1 Å². The highest BCUT2D eigenvalue weighted by molar-refractivity contribution is 9.10. The predicted molar refractivity (Wildman–Crippen MR) is 154 cm³/mol. The lowest BCUT2D eigenvalue weighted by Crippen LogP contribution is -2.46. The summed E-state index contributed by atoms with van der Waals surface area (Å²) < 4.78 is 2.31. The highest BCUT2D eigenvalue weighted by Gasteiger charge is 2.64. The zero-order chi connectivity index (χ0) is 29.1. The van der Waals surface area contributed by atoms with Gasteiger partial charge in [0.15, 0.2) is 17.4 Å². The van der Waals surface area contributed by atoms with Crippen molar-refractivity contribution in [1.82, 2.24) is 29.4 Å². The van der Waals surface area contributed by atoms with Gasteiger partial charge < -0.3 is 19.9 Å². The molecule has 4 heterocycles. The molecule has 2 aliphatic rings. The lowest BCUT2D eigenvalue weighted by molar-refractivity contribution is -0.138. The van der Waals surface area contributed by atoms with Gasteiger partial charge in [-0.15, -0.1) is 0 Å². The molecule has 3 aromatic heterocycles. The van der Waals surface area contributed by atoms with Crippen molar-refractivity contribution in [1.29, 1.82) is 0 Å². The number of likely N-dealkylation sites (tertiary alicyclic amines) is 1. The van der Waals surface area contributed by atoms with Crippen LogP contribution in [0.1, 0.15) is 48.4 Å². The van der Waals surface area contributed by atoms with E-state index < -0.39 is 6.04 Å². The number of rotatable bonds is 7. The minimum atomic E-state index is -0.629. The summed E-state index contributed by atoms with van der Waals surface area (Å²) in [5, 5.41) is 12.8. The Balaban J connectivity index is 1.31. The van der Waals surface area contributed by atoms with Gasteiger partial charge in [0.2, 0.25) is 11.8 Å². The van der Waals surface area contributed by atoms with Gasteiger partial charge in [0.25, 0.3) is 0 Å². The van der Waals surface area contributed by atoms with E-state index in [-0.39, 0.29) is 42.2 Å². The van der Waals surface area contributed by atoms with Crippen LogP contribution in [0.25, 0.3) is 22.0 Å². The summed E-state index contributed by atoms with van der Waals surface area (Å²) in [6, 6.07) is 3.23. The topological polar surface area (TPSA) is 143 Å². The SMILES string of the molecule is CC(=O)c1cn(CC(=O)N2[C@H](C(=O)Nc3cncc(Br)n3)C[C@@]3(C)C[C@@H]23)c2c(C)cc(-c3cnc(CO)nc3)cc12. The zero-order valence-corrected chi connectivity index (χ0v) is 24.3. The monoisotopic (exact) mass is 617 g/mol. The Bertz CT molecular complexity index is 1720. The van der Waals surface area contributed by atoms with Gasteiger partial charge in [-0.05, 0) is 71.3 Å². The number of carbonyl (C=O) groups excluding carboxylic acids is 3. The number of aliphatic hydroxyl groups excluding tert-OH is 1. The first kappa shape index (κ1) is 27.2. The van der Waals surface area contributed by atoms with Crippen LogP contribution in [0.2, 0.25) is 0 Å². The summed E-state index contributed by atoms with van der Waals surface area (Å²) in [4.78, 5) is 58.2. The van der Waals surface area contributed by atoms with E-state index in [2.05, 4.69) is 48.1 Å². The largest absolute Gasteiger partial charge is 0.388 e. The van der Waals surface area contributed by atoms with Gasteiger partial charge in [0.1, 0.15) is 23.8 Å². The second-order valence-electron chi connectivity index (χ2n) is 11.1. The summed E-state index contributed by atoms with van der Waals surface area (Å²) >= 11 is 3.26. The van der Waals surface area contributed by atoms with Crippen LogP contribution in [0.3, 0.4) is 0 Å². The number of aryl methyl sites for hydroxylation is 1. The molecule has 0 unspecified atom stereocenters. The number of Topliss-reactive ketones (excluding diaryl/α,β-unsaturated/α-hetero) is 1. The molecule has 1 aliphatic heterocycles. The number of anilines is 1. The van der Waals surface area contributed by atoms with Crippen LogP contribution in [-0.2, 0) is 22.7 Å². The van der Waals surface area contributed by atoms with Crippen LogP contribution < -0.4 is 5.32 Å². The van der Waals surface area contributed by atoms with E-state index in [9.17, 15) is 19.5 Å². The third-order valence-corrected chi connectivity index (χ3v) is 8.49. The third-order valence-electron chi connectivity index (χ3n) is 8.11. The standard InChI is InChI=1S/C29H28BrN7O4/c1-15-4-17(18-8-32-25(14-38)33-9-18)5-19-20(16(2)39)12-36(27(15)19)13-26(40)37-21(6-29(3)7-22(29)37)28(41)35-24-11-31-10-23(30)34-24/h4-5,8-12,21-22,38H,6-7,13-14H2,1-3H3,(H,34,35,41)/t21-,22+,29-/m0/s1. The Kier molecular flexibility index (Phi) is 6.69. The molecule has 11 nitrogen and oxygen atoms in total. The first-order valence-corrected chi connectivity index (χ1v) is 14.0. The number of nitrogens with one attached hydrogen (secondary N) is 1. The van der Waals surface area contributed by atoms with Crippen LogP contribution in [0.4, 0.5) is 5.82 Å². The van der Waals surface area contributed by atoms with Crippen LogP contribution in [0, 0.1) is 12.3 Å². The minimum absolute atomic E-state index is 0.00861. The average Bonchev–Trinajstić information content (AvgIpc) is 3.29. The van der Waals surface area contributed by atoms with Crippen LogP contribution in [0.15, 0.2) is 47.7 Å². The van der Waals surface area contributed by atoms with Crippen LogP contribution in [0.5, 0.6) is 0 Å². The maximum Gasteiger partial charge on any atom is 0.248 e. The van der Waals surface area contributed by atoms with Crippen molar-refractivity contribution in [2.24, 2.45) is 5.41 Å². The van der Waals surface area contributed by atoms with Gasteiger partial charge in [-0.1, -0.05) is 6.92 Å². The van der Waals surface area contributed by atoms with E-state index in [1.54, 1.807) is 23.5 Å². The van der Waals surface area contributed by atoms with Crippen molar-refractivity contribution in [3.8, 4) is 11.1 Å². The molecular weight excluding hydrogens is 590 g/mol. The summed E-state index contributed by atoms with van der Waals surface area (Å²) in [6.07, 6.45) is 9.41. The smallest absolute Gasteiger partial charge is 0.248 e. The maximum atomic E-state index is 13.9. The lowest BCUT2D eigenvalue weighted by atomic mass is 10.0. The van der Waals surface area contributed by atoms with Gasteiger partial charge in [-0.3, -0.25) is 19.4 Å². The van der Waals surface area contributed by atoms with Crippen LogP contribution in [-0.4, -0.2) is 64.2 Å². The van der Waals surface area contributed by atoms with E-state index in [1.165, 1.54) is 19.3 Å². The molecule has 0 radical (unpaired) electrons. The summed E-state index contributed by atoms with van der Waals surface area (Å²) in [5.41, 5.74) is 3.65. The number of halogens is 1. The summed E-state index contributed by atoms with van der Waals surface area (Å²) in [5.74, 6) is 0.0445. The molecule has 3 atom stereocenters. The highest BCUT2D eigenvalue weighted by Crippen LogP contribution is 2.59. The lowest BCUT2D eigenvalue weighted by Gasteiger charge is -2.27. The number of ketones is 1. The molecule has 2 N–H and O–H groups in total. The quantitative estimate of drug-likeness (QED) is 0.299. The molecule has 4 aromatic rings. The average molecular weight is 618 g/mol. The number of piperidine rings is 1. The molecule has 1 saturated carbocycles. The molecular formula is C29H28BrN7O4. The maximum absolute atomic E-state index is 13.9. The van der Waals surface area contributed by atoms with E-state index in [1.807, 2.05) is 23.6 Å². The normalized spacial score (nSPS) is 21.1. The van der Waals surface area contributed by atoms with Gasteiger partial charge in [-0.25, -0.2) is 15.0 Å². The Morgan fingerprint density at radius 2 is 1.88 bits per heavy atom. The van der Waals surface area contributed by atoms with Crippen molar-refractivity contribution in [3.63, 3.8) is 0 Å². The molecule has 0 bridgehead atoms. The molecule has 1 aliphatic carbocycles. The number of fused-ring (bicyclic) bond motifs is 2. The number of hydrogen-bond donors (Lipinski definition) is 2. The first-order valence-electron chi connectivity index (χ1n) is 13.2. The van der Waals surface area contributed by atoms with Gasteiger partial charge in [-0.2, -0.15) is 0 Å². The number of aliphatic hydroxyl groups is 1. The molecule has 12 heteroatoms. The van der Waals surface area contributed by atoms with Gasteiger partial charge in [0.05, 0.1) is 17.9 Å². The van der Waals surface area contributed by atoms with Gasteiger partial charge >= 0.3 is 0 Å². The third kappa shape index (κ3) is 4.91. The van der Waals surface area contributed by atoms with Crippen LogP contribution >= 0.6 is 15.9 Å². The van der Waals surface area contributed by atoms with E-state index in [4.69, 9.17) is 0 Å². The predicted octanol–water partition coefficient (Wildman–Crippen LogP) is 3.67. The Morgan fingerprint density at radius 3 is 2.56 bits per heavy atom. The van der Waals surface area contributed by atoms with E-state index in [0.29, 0.717) is 28.2 Å². The zero-order valence-electron chi connectivity index (χ0n) is 22.8. The van der Waals surface area contributed by atoms with Crippen molar-refractivity contribution >= 4 is 50.2 Å². The molecule has 0 spiro atoms. The highest BCUT2D eigenvalue weighted by atomic mass is 79.9. The molecule has 2 fully saturated rings. The van der Waals surface area contributed by atoms with E-state index >= 15 is 0 Å². The number of aromatic nitrogens is 5. The molecule has 6 rings (SSSR count). The Labute approximate surface area is 244 Å². The fraction of sp³-hybridized carbons (Fsp3) is 0.345. The number of hydrogen-bond acceptors (Lipinski definition) is 8. The number of carbonyl (C=O) groups is 3. The van der Waals surface area contributed by atoms with Crippen molar-refractivity contribution < 1.29 is 19.5 Å². The second-order valence-corrected chi connectivity index (χ2v) is 11.9. The Hall–Kier alpha value is -4.03. The molecule has 1 saturated heterocycles. The number of amides is 2.